The van der Waals surface area contributed by atoms with E-state index in [-0.39, 0.29) is 12.6 Å². The molecule has 5 nitrogen and oxygen atoms in total. The maximum Gasteiger partial charge on any atom is 0.317 e. The monoisotopic (exact) mass is 270 g/mol. The van der Waals surface area contributed by atoms with Gasteiger partial charge in [-0.25, -0.2) is 4.79 Å². The van der Waals surface area contributed by atoms with Gasteiger partial charge in [-0.3, -0.25) is 4.79 Å². The number of piperidine rings is 1. The van der Waals surface area contributed by atoms with E-state index in [1.807, 2.05) is 13.8 Å². The number of hydrogen-bond acceptors (Lipinski definition) is 2. The molecule has 2 N–H and O–H groups in total. The Labute approximate surface area is 115 Å². The van der Waals surface area contributed by atoms with Crippen LogP contribution in [0.5, 0.6) is 0 Å². The lowest BCUT2D eigenvalue weighted by molar-refractivity contribution is -0.149. The maximum absolute atomic E-state index is 12.1. The number of carboxylic acids is 1. The number of aliphatic carboxylic acids is 1. The number of amides is 2. The Kier molecular flexibility index (Phi) is 5.63. The van der Waals surface area contributed by atoms with E-state index in [1.54, 1.807) is 4.90 Å². The first kappa shape index (κ1) is 15.8. The standard InChI is InChI=1S/C14H26N2O3/c1-4-14(5-2,12(17)18)10-15-13(19)16-8-6-7-11(3)9-16/h11H,4-10H2,1-3H3,(H,15,19)(H,17,18). The number of nitrogens with zero attached hydrogens (tertiary/aromatic N) is 1. The predicted octanol–water partition coefficient (Wildman–Crippen LogP) is 2.32. The molecule has 1 atom stereocenters. The molecular weight excluding hydrogens is 244 g/mol. The second-order valence-electron chi connectivity index (χ2n) is 5.64. The van der Waals surface area contributed by atoms with E-state index in [2.05, 4.69) is 12.2 Å². The van der Waals surface area contributed by atoms with Gasteiger partial charge in [0.1, 0.15) is 0 Å². The lowest BCUT2D eigenvalue weighted by Gasteiger charge is -2.33. The van der Waals surface area contributed by atoms with Gasteiger partial charge in [-0.15, -0.1) is 0 Å². The van der Waals surface area contributed by atoms with Crippen molar-refractivity contribution in [3.63, 3.8) is 0 Å². The number of carbonyl (C=O) groups is 2. The lowest BCUT2D eigenvalue weighted by Crippen LogP contribution is -2.49. The van der Waals surface area contributed by atoms with Crippen LogP contribution in [0.15, 0.2) is 0 Å². The summed E-state index contributed by atoms with van der Waals surface area (Å²) < 4.78 is 0. The van der Waals surface area contributed by atoms with Gasteiger partial charge in [0.25, 0.3) is 0 Å². The van der Waals surface area contributed by atoms with E-state index in [1.165, 1.54) is 0 Å². The number of hydrogen-bond donors (Lipinski definition) is 2. The number of urea groups is 1. The van der Waals surface area contributed by atoms with E-state index in [0.29, 0.717) is 18.8 Å². The first-order valence-corrected chi connectivity index (χ1v) is 7.21. The molecule has 0 aromatic rings. The normalized spacial score (nSPS) is 20.2. The van der Waals surface area contributed by atoms with Gasteiger partial charge < -0.3 is 15.3 Å². The Morgan fingerprint density at radius 3 is 2.47 bits per heavy atom. The summed E-state index contributed by atoms with van der Waals surface area (Å²) in [4.78, 5) is 25.2. The van der Waals surface area contributed by atoms with Crippen LogP contribution in [0.25, 0.3) is 0 Å². The Hall–Kier alpha value is -1.26. The largest absolute Gasteiger partial charge is 0.481 e. The second kappa shape index (κ2) is 6.78. The minimum absolute atomic E-state index is 0.126. The molecule has 0 aromatic heterocycles. The quantitative estimate of drug-likeness (QED) is 0.805. The third-order valence-corrected chi connectivity index (χ3v) is 4.33. The van der Waals surface area contributed by atoms with Gasteiger partial charge in [-0.05, 0) is 31.6 Å². The highest BCUT2D eigenvalue weighted by Gasteiger charge is 2.35. The molecule has 1 rings (SSSR count). The third kappa shape index (κ3) is 3.85. The fourth-order valence-electron chi connectivity index (χ4n) is 2.61. The van der Waals surface area contributed by atoms with Gasteiger partial charge in [-0.1, -0.05) is 20.8 Å². The fraction of sp³-hybridized carbons (Fsp3) is 0.857. The Bertz CT molecular complexity index is 327. The molecule has 0 saturated carbocycles. The fourth-order valence-corrected chi connectivity index (χ4v) is 2.61. The first-order chi connectivity index (χ1) is 8.95. The predicted molar refractivity (Wildman–Crippen MR) is 74.0 cm³/mol. The molecule has 2 amide bonds. The maximum atomic E-state index is 12.1. The third-order valence-electron chi connectivity index (χ3n) is 4.33. The zero-order chi connectivity index (χ0) is 14.5. The number of likely N-dealkylation sites (tertiary alicyclic amines) is 1. The van der Waals surface area contributed by atoms with Gasteiger partial charge >= 0.3 is 12.0 Å². The van der Waals surface area contributed by atoms with Crippen molar-refractivity contribution in [3.05, 3.63) is 0 Å². The number of carboxylic acid groups (broad SMARTS) is 1. The van der Waals surface area contributed by atoms with Crippen LogP contribution < -0.4 is 5.32 Å². The average Bonchev–Trinajstić information content (AvgIpc) is 2.40. The summed E-state index contributed by atoms with van der Waals surface area (Å²) in [7, 11) is 0. The molecule has 1 saturated heterocycles. The van der Waals surface area contributed by atoms with Crippen molar-refractivity contribution >= 4 is 12.0 Å². The van der Waals surface area contributed by atoms with Gasteiger partial charge in [0.2, 0.25) is 0 Å². The topological polar surface area (TPSA) is 69.6 Å². The minimum Gasteiger partial charge on any atom is -0.481 e. The van der Waals surface area contributed by atoms with E-state index in [0.717, 1.165) is 25.9 Å². The second-order valence-corrected chi connectivity index (χ2v) is 5.64. The molecule has 0 spiro atoms. The van der Waals surface area contributed by atoms with Crippen LogP contribution in [0, 0.1) is 11.3 Å². The van der Waals surface area contributed by atoms with Crippen LogP contribution >= 0.6 is 0 Å². The van der Waals surface area contributed by atoms with Gasteiger partial charge in [0, 0.05) is 19.6 Å². The zero-order valence-corrected chi connectivity index (χ0v) is 12.2. The summed E-state index contributed by atoms with van der Waals surface area (Å²) in [5, 5.41) is 12.1. The molecule has 19 heavy (non-hydrogen) atoms. The molecule has 1 aliphatic rings. The molecule has 1 aliphatic heterocycles. The molecule has 110 valence electrons. The van der Waals surface area contributed by atoms with Gasteiger partial charge in [0.15, 0.2) is 0 Å². The van der Waals surface area contributed by atoms with Crippen molar-refractivity contribution in [1.82, 2.24) is 10.2 Å². The molecule has 1 heterocycles. The number of nitrogens with one attached hydrogen (secondary N) is 1. The summed E-state index contributed by atoms with van der Waals surface area (Å²) in [5.41, 5.74) is -0.836. The van der Waals surface area contributed by atoms with Crippen molar-refractivity contribution in [3.8, 4) is 0 Å². The number of carbonyl (C=O) groups excluding carboxylic acids is 1. The summed E-state index contributed by atoms with van der Waals surface area (Å²) >= 11 is 0. The van der Waals surface area contributed by atoms with E-state index >= 15 is 0 Å². The molecule has 0 bridgehead atoms. The summed E-state index contributed by atoms with van der Waals surface area (Å²) in [6, 6.07) is -0.126. The Morgan fingerprint density at radius 2 is 2.00 bits per heavy atom. The lowest BCUT2D eigenvalue weighted by atomic mass is 9.82. The zero-order valence-electron chi connectivity index (χ0n) is 12.2. The van der Waals surface area contributed by atoms with Gasteiger partial charge in [-0.2, -0.15) is 0 Å². The summed E-state index contributed by atoms with van der Waals surface area (Å²) in [6.45, 7) is 7.59. The van der Waals surface area contributed by atoms with Crippen LogP contribution in [-0.4, -0.2) is 41.6 Å². The van der Waals surface area contributed by atoms with Crippen molar-refractivity contribution in [2.24, 2.45) is 11.3 Å². The smallest absolute Gasteiger partial charge is 0.317 e. The Morgan fingerprint density at radius 1 is 1.37 bits per heavy atom. The van der Waals surface area contributed by atoms with Crippen LogP contribution in [0.2, 0.25) is 0 Å². The van der Waals surface area contributed by atoms with E-state index < -0.39 is 11.4 Å². The van der Waals surface area contributed by atoms with Crippen LogP contribution in [0.4, 0.5) is 4.79 Å². The number of rotatable bonds is 5. The van der Waals surface area contributed by atoms with Crippen LogP contribution in [0.3, 0.4) is 0 Å². The molecule has 0 aromatic carbocycles. The highest BCUT2D eigenvalue weighted by Crippen LogP contribution is 2.26. The highest BCUT2D eigenvalue weighted by atomic mass is 16.4. The summed E-state index contributed by atoms with van der Waals surface area (Å²) in [5.74, 6) is -0.300. The first-order valence-electron chi connectivity index (χ1n) is 7.21. The Balaban J connectivity index is 2.54. The van der Waals surface area contributed by atoms with Crippen molar-refractivity contribution in [2.75, 3.05) is 19.6 Å². The van der Waals surface area contributed by atoms with Crippen molar-refractivity contribution in [1.29, 1.82) is 0 Å². The van der Waals surface area contributed by atoms with Crippen LogP contribution in [0.1, 0.15) is 46.5 Å². The average molecular weight is 270 g/mol. The molecule has 1 unspecified atom stereocenters. The van der Waals surface area contributed by atoms with Gasteiger partial charge in [0.05, 0.1) is 5.41 Å². The molecule has 5 heteroatoms. The minimum atomic E-state index is -0.836. The highest BCUT2D eigenvalue weighted by molar-refractivity contribution is 5.78. The SMILES string of the molecule is CCC(CC)(CNC(=O)N1CCCC(C)C1)C(=O)O. The van der Waals surface area contributed by atoms with Crippen LogP contribution in [-0.2, 0) is 4.79 Å². The summed E-state index contributed by atoms with van der Waals surface area (Å²) in [6.07, 6.45) is 3.23. The van der Waals surface area contributed by atoms with Crippen molar-refractivity contribution in [2.45, 2.75) is 46.5 Å². The van der Waals surface area contributed by atoms with E-state index in [9.17, 15) is 14.7 Å². The molecule has 0 aliphatic carbocycles. The molecule has 1 fully saturated rings. The molecular formula is C14H26N2O3. The van der Waals surface area contributed by atoms with E-state index in [4.69, 9.17) is 0 Å². The van der Waals surface area contributed by atoms with Crippen molar-refractivity contribution < 1.29 is 14.7 Å². The molecule has 0 radical (unpaired) electrons.